The van der Waals surface area contributed by atoms with Crippen LogP contribution in [-0.4, -0.2) is 79.1 Å². The van der Waals surface area contributed by atoms with Crippen molar-refractivity contribution in [3.8, 4) is 0 Å². The first-order valence-electron chi connectivity index (χ1n) is 10.6. The second-order valence-corrected chi connectivity index (χ2v) is 8.46. The van der Waals surface area contributed by atoms with Crippen LogP contribution < -0.4 is 0 Å². The zero-order chi connectivity index (χ0) is 19.4. The molecule has 3 amide bonds. The summed E-state index contributed by atoms with van der Waals surface area (Å²) < 4.78 is 5.38. The second-order valence-electron chi connectivity index (χ2n) is 8.46. The fourth-order valence-corrected chi connectivity index (χ4v) is 4.87. The predicted octanol–water partition coefficient (Wildman–Crippen LogP) is 2.39. The lowest BCUT2D eigenvalue weighted by atomic mass is 9.73. The van der Waals surface area contributed by atoms with Crippen molar-refractivity contribution in [2.45, 2.75) is 32.1 Å². The summed E-state index contributed by atoms with van der Waals surface area (Å²) in [4.78, 5) is 31.5. The molecule has 3 aliphatic heterocycles. The van der Waals surface area contributed by atoms with Crippen LogP contribution in [-0.2, 0) is 16.0 Å². The van der Waals surface area contributed by atoms with E-state index in [9.17, 15) is 9.59 Å². The van der Waals surface area contributed by atoms with Crippen molar-refractivity contribution in [3.63, 3.8) is 0 Å². The summed E-state index contributed by atoms with van der Waals surface area (Å²) in [5.41, 5.74) is 1.33. The van der Waals surface area contributed by atoms with E-state index in [4.69, 9.17) is 4.74 Å². The molecule has 1 aromatic rings. The number of ether oxygens (including phenoxy) is 1. The van der Waals surface area contributed by atoms with Gasteiger partial charge < -0.3 is 19.4 Å². The maximum Gasteiger partial charge on any atom is 0.320 e. The van der Waals surface area contributed by atoms with Gasteiger partial charge in [-0.1, -0.05) is 30.3 Å². The van der Waals surface area contributed by atoms with Crippen molar-refractivity contribution in [2.75, 3.05) is 52.5 Å². The lowest BCUT2D eigenvalue weighted by molar-refractivity contribution is -0.139. The summed E-state index contributed by atoms with van der Waals surface area (Å²) in [7, 11) is 0. The van der Waals surface area contributed by atoms with Gasteiger partial charge in [0.25, 0.3) is 0 Å². The predicted molar refractivity (Wildman–Crippen MR) is 107 cm³/mol. The zero-order valence-corrected chi connectivity index (χ0v) is 16.6. The number of piperidine rings is 2. The van der Waals surface area contributed by atoms with Crippen molar-refractivity contribution in [1.82, 2.24) is 14.7 Å². The Hall–Kier alpha value is -2.08. The van der Waals surface area contributed by atoms with E-state index in [1.807, 2.05) is 32.9 Å². The van der Waals surface area contributed by atoms with Crippen molar-refractivity contribution < 1.29 is 14.3 Å². The van der Waals surface area contributed by atoms with Crippen molar-refractivity contribution in [1.29, 1.82) is 0 Å². The lowest BCUT2D eigenvalue weighted by Crippen LogP contribution is -2.58. The highest BCUT2D eigenvalue weighted by Crippen LogP contribution is 2.39. The van der Waals surface area contributed by atoms with Gasteiger partial charge in [0.2, 0.25) is 5.91 Å². The molecule has 6 heteroatoms. The van der Waals surface area contributed by atoms with Crippen molar-refractivity contribution in [3.05, 3.63) is 35.9 Å². The topological polar surface area (TPSA) is 53.1 Å². The van der Waals surface area contributed by atoms with Gasteiger partial charge in [0.05, 0.1) is 13.2 Å². The summed E-state index contributed by atoms with van der Waals surface area (Å²) in [5.74, 6) is 0.262. The Labute approximate surface area is 167 Å². The Kier molecular flexibility index (Phi) is 5.85. The van der Waals surface area contributed by atoms with Gasteiger partial charge in [-0.3, -0.25) is 4.79 Å². The van der Waals surface area contributed by atoms with Gasteiger partial charge in [-0.05, 0) is 31.2 Å². The molecule has 3 aliphatic rings. The monoisotopic (exact) mass is 385 g/mol. The molecule has 3 heterocycles. The Morgan fingerprint density at radius 1 is 1.00 bits per heavy atom. The number of nitrogens with zero attached hydrogens (tertiary/aromatic N) is 3. The maximum absolute atomic E-state index is 13.0. The standard InChI is InChI=1S/C22H31N3O3/c26-20-7-10-22(17-24(20)12-8-19-5-2-1-3-6-19)9-4-11-25(18-22)21(27)23-13-15-28-16-14-23/h1-3,5-6H,4,7-18H2. The Bertz CT molecular complexity index is 690. The van der Waals surface area contributed by atoms with Crippen molar-refractivity contribution >= 4 is 11.9 Å². The van der Waals surface area contributed by atoms with Gasteiger partial charge in [0.15, 0.2) is 0 Å². The molecular weight excluding hydrogens is 354 g/mol. The lowest BCUT2D eigenvalue weighted by Gasteiger charge is -2.49. The average Bonchev–Trinajstić information content (AvgIpc) is 2.75. The Morgan fingerprint density at radius 3 is 2.57 bits per heavy atom. The smallest absolute Gasteiger partial charge is 0.320 e. The maximum atomic E-state index is 13.0. The summed E-state index contributed by atoms with van der Waals surface area (Å²) in [6, 6.07) is 10.5. The molecule has 1 atom stereocenters. The number of carbonyl (C=O) groups is 2. The van der Waals surface area contributed by atoms with Crippen LogP contribution >= 0.6 is 0 Å². The molecule has 1 aromatic carbocycles. The molecule has 0 N–H and O–H groups in total. The van der Waals surface area contributed by atoms with Crippen LogP contribution in [0.25, 0.3) is 0 Å². The number of rotatable bonds is 3. The van der Waals surface area contributed by atoms with Crippen LogP contribution in [0.4, 0.5) is 4.79 Å². The van der Waals surface area contributed by atoms with Gasteiger partial charge in [0.1, 0.15) is 0 Å². The van der Waals surface area contributed by atoms with Gasteiger partial charge in [-0.15, -0.1) is 0 Å². The first-order chi connectivity index (χ1) is 13.7. The van der Waals surface area contributed by atoms with Gasteiger partial charge in [-0.2, -0.15) is 0 Å². The number of amides is 3. The van der Waals surface area contributed by atoms with Gasteiger partial charge >= 0.3 is 6.03 Å². The van der Waals surface area contributed by atoms with E-state index < -0.39 is 0 Å². The summed E-state index contributed by atoms with van der Waals surface area (Å²) >= 11 is 0. The molecule has 3 fully saturated rings. The molecule has 1 spiro atoms. The minimum atomic E-state index is 0.0603. The summed E-state index contributed by atoms with van der Waals surface area (Å²) in [5, 5.41) is 0. The number of likely N-dealkylation sites (tertiary alicyclic amines) is 2. The molecule has 0 aliphatic carbocycles. The molecule has 1 unspecified atom stereocenters. The van der Waals surface area contributed by atoms with Crippen LogP contribution in [0.3, 0.4) is 0 Å². The third-order valence-electron chi connectivity index (χ3n) is 6.47. The minimum absolute atomic E-state index is 0.0603. The fourth-order valence-electron chi connectivity index (χ4n) is 4.87. The molecule has 28 heavy (non-hydrogen) atoms. The Balaban J connectivity index is 1.38. The van der Waals surface area contributed by atoms with E-state index >= 15 is 0 Å². The third-order valence-corrected chi connectivity index (χ3v) is 6.47. The zero-order valence-electron chi connectivity index (χ0n) is 16.6. The number of hydrogen-bond donors (Lipinski definition) is 0. The number of benzene rings is 1. The highest BCUT2D eigenvalue weighted by atomic mass is 16.5. The average molecular weight is 386 g/mol. The largest absolute Gasteiger partial charge is 0.378 e. The number of urea groups is 1. The molecule has 0 saturated carbocycles. The van der Waals surface area contributed by atoms with Crippen LogP contribution in [0, 0.1) is 5.41 Å². The SMILES string of the molecule is O=C1CCC2(CCCN(C(=O)N3CCOCC3)C2)CN1CCc1ccccc1. The van der Waals surface area contributed by atoms with E-state index in [2.05, 4.69) is 12.1 Å². The molecule has 0 bridgehead atoms. The Morgan fingerprint density at radius 2 is 1.79 bits per heavy atom. The molecular formula is C22H31N3O3. The number of hydrogen-bond acceptors (Lipinski definition) is 3. The quantitative estimate of drug-likeness (QED) is 0.803. The van der Waals surface area contributed by atoms with Crippen LogP contribution in [0.5, 0.6) is 0 Å². The molecule has 4 rings (SSSR count). The molecule has 152 valence electrons. The number of morpholine rings is 1. The molecule has 0 radical (unpaired) electrons. The van der Waals surface area contributed by atoms with Crippen LogP contribution in [0.2, 0.25) is 0 Å². The summed E-state index contributed by atoms with van der Waals surface area (Å²) in [6.07, 6.45) is 4.53. The molecule has 0 aromatic heterocycles. The van der Waals surface area contributed by atoms with Crippen LogP contribution in [0.15, 0.2) is 30.3 Å². The minimum Gasteiger partial charge on any atom is -0.378 e. The highest BCUT2D eigenvalue weighted by Gasteiger charge is 2.43. The first-order valence-corrected chi connectivity index (χ1v) is 10.6. The van der Waals surface area contributed by atoms with E-state index in [1.165, 1.54) is 5.56 Å². The van der Waals surface area contributed by atoms with Gasteiger partial charge in [0, 0.05) is 51.1 Å². The van der Waals surface area contributed by atoms with Crippen LogP contribution in [0.1, 0.15) is 31.2 Å². The number of carbonyl (C=O) groups excluding carboxylic acids is 2. The third kappa shape index (κ3) is 4.32. The van der Waals surface area contributed by atoms with E-state index in [0.717, 1.165) is 51.9 Å². The molecule has 6 nitrogen and oxygen atoms in total. The van der Waals surface area contributed by atoms with E-state index in [0.29, 0.717) is 32.7 Å². The normalized spacial score (nSPS) is 26.0. The fraction of sp³-hybridized carbons (Fsp3) is 0.636. The second kappa shape index (κ2) is 8.52. The summed E-state index contributed by atoms with van der Waals surface area (Å²) in [6.45, 7) is 5.79. The van der Waals surface area contributed by atoms with E-state index in [1.54, 1.807) is 0 Å². The van der Waals surface area contributed by atoms with Crippen molar-refractivity contribution in [2.24, 2.45) is 5.41 Å². The van der Waals surface area contributed by atoms with Gasteiger partial charge in [-0.25, -0.2) is 4.79 Å². The highest BCUT2D eigenvalue weighted by molar-refractivity contribution is 5.77. The first kappa shape index (κ1) is 19.2. The van der Waals surface area contributed by atoms with E-state index in [-0.39, 0.29) is 17.4 Å². The molecule has 3 saturated heterocycles.